The number of amides is 1. The molecule has 4 rings (SSSR count). The molecule has 1 N–H and O–H groups in total. The van der Waals surface area contributed by atoms with E-state index in [0.29, 0.717) is 23.6 Å². The Balaban J connectivity index is 1.49. The van der Waals surface area contributed by atoms with Gasteiger partial charge < -0.3 is 19.5 Å². The van der Waals surface area contributed by atoms with Gasteiger partial charge in [-0.1, -0.05) is 25.0 Å². The summed E-state index contributed by atoms with van der Waals surface area (Å²) < 4.78 is 15.9. The lowest BCUT2D eigenvalue weighted by molar-refractivity contribution is 0.0942. The molecule has 1 amide bonds. The van der Waals surface area contributed by atoms with Crippen molar-refractivity contribution >= 4 is 5.91 Å². The summed E-state index contributed by atoms with van der Waals surface area (Å²) in [4.78, 5) is 12.6. The average Bonchev–Trinajstić information content (AvgIpc) is 3.35. The zero-order chi connectivity index (χ0) is 18.0. The minimum Gasteiger partial charge on any atom is -0.497 e. The first-order valence-electron chi connectivity index (χ1n) is 9.03. The number of nitrogens with one attached hydrogen (secondary N) is 1. The van der Waals surface area contributed by atoms with Gasteiger partial charge in [0.2, 0.25) is 6.79 Å². The van der Waals surface area contributed by atoms with Crippen LogP contribution in [-0.2, 0) is 5.41 Å². The van der Waals surface area contributed by atoms with Crippen molar-refractivity contribution in [3.8, 4) is 17.2 Å². The third-order valence-corrected chi connectivity index (χ3v) is 5.49. The molecule has 5 heteroatoms. The van der Waals surface area contributed by atoms with Gasteiger partial charge in [-0.25, -0.2) is 0 Å². The molecule has 2 aromatic carbocycles. The molecule has 0 aromatic heterocycles. The predicted octanol–water partition coefficient (Wildman–Crippen LogP) is 3.67. The zero-order valence-corrected chi connectivity index (χ0v) is 14.9. The predicted molar refractivity (Wildman–Crippen MR) is 98.0 cm³/mol. The van der Waals surface area contributed by atoms with Crippen LogP contribution in [0.2, 0.25) is 0 Å². The smallest absolute Gasteiger partial charge is 0.251 e. The molecule has 1 fully saturated rings. The molecule has 0 radical (unpaired) electrons. The van der Waals surface area contributed by atoms with Crippen LogP contribution < -0.4 is 19.5 Å². The van der Waals surface area contributed by atoms with Crippen molar-refractivity contribution in [2.75, 3.05) is 20.4 Å². The molecule has 1 aliphatic carbocycles. The van der Waals surface area contributed by atoms with E-state index in [0.717, 1.165) is 18.6 Å². The average molecular weight is 353 g/mol. The first-order valence-corrected chi connectivity index (χ1v) is 9.03. The fraction of sp³-hybridized carbons (Fsp3) is 0.381. The van der Waals surface area contributed by atoms with E-state index < -0.39 is 0 Å². The van der Waals surface area contributed by atoms with Gasteiger partial charge in [0.25, 0.3) is 5.91 Å². The Bertz CT molecular complexity index is 794. The number of hydrogen-bond donors (Lipinski definition) is 1. The second kappa shape index (κ2) is 6.90. The van der Waals surface area contributed by atoms with Gasteiger partial charge in [-0.05, 0) is 48.7 Å². The SMILES string of the molecule is COc1ccc(C2(CNC(=O)c3ccc4c(c3)OCO4)CCCC2)cc1. The lowest BCUT2D eigenvalue weighted by atomic mass is 9.78. The summed E-state index contributed by atoms with van der Waals surface area (Å²) in [5.74, 6) is 2.09. The van der Waals surface area contributed by atoms with Crippen LogP contribution >= 0.6 is 0 Å². The first-order chi connectivity index (χ1) is 12.7. The standard InChI is InChI=1S/C21H23NO4/c1-24-17-7-5-16(6-8-17)21(10-2-3-11-21)13-22-20(23)15-4-9-18-19(12-15)26-14-25-18/h4-9,12H,2-3,10-11,13-14H2,1H3,(H,22,23). The van der Waals surface area contributed by atoms with Gasteiger partial charge in [0.15, 0.2) is 11.5 Å². The monoisotopic (exact) mass is 353 g/mol. The number of carbonyl (C=O) groups excluding carboxylic acids is 1. The fourth-order valence-electron chi connectivity index (χ4n) is 3.95. The van der Waals surface area contributed by atoms with Crippen molar-refractivity contribution in [2.45, 2.75) is 31.1 Å². The third-order valence-electron chi connectivity index (χ3n) is 5.49. The fourth-order valence-corrected chi connectivity index (χ4v) is 3.95. The Hall–Kier alpha value is -2.69. The molecule has 0 bridgehead atoms. The molecule has 0 atom stereocenters. The molecule has 136 valence electrons. The Morgan fingerprint density at radius 2 is 1.81 bits per heavy atom. The highest BCUT2D eigenvalue weighted by atomic mass is 16.7. The minimum atomic E-state index is -0.0805. The molecule has 1 aliphatic heterocycles. The Labute approximate surface area is 153 Å². The number of fused-ring (bicyclic) bond motifs is 1. The summed E-state index contributed by atoms with van der Waals surface area (Å²) in [6, 6.07) is 13.5. The van der Waals surface area contributed by atoms with E-state index in [1.54, 1.807) is 25.3 Å². The molecular formula is C21H23NO4. The molecule has 2 aliphatic rings. The zero-order valence-electron chi connectivity index (χ0n) is 14.9. The molecule has 1 saturated carbocycles. The molecular weight excluding hydrogens is 330 g/mol. The van der Waals surface area contributed by atoms with E-state index in [4.69, 9.17) is 14.2 Å². The van der Waals surface area contributed by atoms with Crippen LogP contribution in [0.25, 0.3) is 0 Å². The van der Waals surface area contributed by atoms with Crippen LogP contribution in [0.5, 0.6) is 17.2 Å². The molecule has 0 unspecified atom stereocenters. The van der Waals surface area contributed by atoms with Gasteiger partial charge in [0.1, 0.15) is 5.75 Å². The summed E-state index contributed by atoms with van der Waals surface area (Å²) in [6.45, 7) is 0.841. The molecule has 5 nitrogen and oxygen atoms in total. The number of rotatable bonds is 5. The van der Waals surface area contributed by atoms with Gasteiger partial charge in [0.05, 0.1) is 7.11 Å². The summed E-state index contributed by atoms with van der Waals surface area (Å²) >= 11 is 0. The van der Waals surface area contributed by atoms with E-state index in [-0.39, 0.29) is 18.1 Å². The summed E-state index contributed by atoms with van der Waals surface area (Å²) in [7, 11) is 1.67. The normalized spacial score (nSPS) is 17.1. The summed E-state index contributed by atoms with van der Waals surface area (Å²) in [5, 5.41) is 3.13. The maximum Gasteiger partial charge on any atom is 0.251 e. The van der Waals surface area contributed by atoms with E-state index in [2.05, 4.69) is 17.4 Å². The quantitative estimate of drug-likeness (QED) is 0.891. The highest BCUT2D eigenvalue weighted by molar-refractivity contribution is 5.95. The van der Waals surface area contributed by atoms with Crippen LogP contribution in [0.3, 0.4) is 0 Å². The topological polar surface area (TPSA) is 56.8 Å². The summed E-state index contributed by atoms with van der Waals surface area (Å²) in [5.41, 5.74) is 1.86. The third kappa shape index (κ3) is 3.09. The van der Waals surface area contributed by atoms with Gasteiger partial charge in [-0.2, -0.15) is 0 Å². The Morgan fingerprint density at radius 1 is 1.08 bits per heavy atom. The van der Waals surface area contributed by atoms with Gasteiger partial charge >= 0.3 is 0 Å². The largest absolute Gasteiger partial charge is 0.497 e. The Morgan fingerprint density at radius 3 is 2.54 bits per heavy atom. The molecule has 2 aromatic rings. The van der Waals surface area contributed by atoms with Crippen LogP contribution in [0.15, 0.2) is 42.5 Å². The maximum absolute atomic E-state index is 12.6. The van der Waals surface area contributed by atoms with E-state index in [1.807, 2.05) is 12.1 Å². The number of methoxy groups -OCH3 is 1. The van der Waals surface area contributed by atoms with Crippen molar-refractivity contribution in [2.24, 2.45) is 0 Å². The molecule has 26 heavy (non-hydrogen) atoms. The van der Waals surface area contributed by atoms with Crippen LogP contribution in [0.4, 0.5) is 0 Å². The highest BCUT2D eigenvalue weighted by Crippen LogP contribution is 2.41. The number of hydrogen-bond acceptors (Lipinski definition) is 4. The van der Waals surface area contributed by atoms with E-state index in [1.165, 1.54) is 18.4 Å². The van der Waals surface area contributed by atoms with Gasteiger partial charge in [0, 0.05) is 17.5 Å². The second-order valence-corrected chi connectivity index (χ2v) is 6.97. The molecule has 1 heterocycles. The number of ether oxygens (including phenoxy) is 3. The highest BCUT2D eigenvalue weighted by Gasteiger charge is 2.36. The lowest BCUT2D eigenvalue weighted by Gasteiger charge is -2.30. The molecule has 0 spiro atoms. The van der Waals surface area contributed by atoms with Crippen molar-refractivity contribution in [3.05, 3.63) is 53.6 Å². The minimum absolute atomic E-state index is 0.00172. The van der Waals surface area contributed by atoms with E-state index in [9.17, 15) is 4.79 Å². The van der Waals surface area contributed by atoms with Crippen molar-refractivity contribution < 1.29 is 19.0 Å². The lowest BCUT2D eigenvalue weighted by Crippen LogP contribution is -2.39. The Kier molecular flexibility index (Phi) is 4.45. The van der Waals surface area contributed by atoms with Crippen molar-refractivity contribution in [1.29, 1.82) is 0 Å². The maximum atomic E-state index is 12.6. The van der Waals surface area contributed by atoms with Crippen LogP contribution in [0.1, 0.15) is 41.6 Å². The van der Waals surface area contributed by atoms with Gasteiger partial charge in [-0.3, -0.25) is 4.79 Å². The van der Waals surface area contributed by atoms with Crippen LogP contribution in [-0.4, -0.2) is 26.4 Å². The van der Waals surface area contributed by atoms with Crippen LogP contribution in [0, 0.1) is 0 Å². The summed E-state index contributed by atoms with van der Waals surface area (Å²) in [6.07, 6.45) is 4.54. The first kappa shape index (κ1) is 16.8. The molecule has 0 saturated heterocycles. The second-order valence-electron chi connectivity index (χ2n) is 6.97. The number of benzene rings is 2. The number of carbonyl (C=O) groups is 1. The van der Waals surface area contributed by atoms with E-state index >= 15 is 0 Å². The van der Waals surface area contributed by atoms with Gasteiger partial charge in [-0.15, -0.1) is 0 Å². The van der Waals surface area contributed by atoms with Crippen molar-refractivity contribution in [3.63, 3.8) is 0 Å². The van der Waals surface area contributed by atoms with Crippen molar-refractivity contribution in [1.82, 2.24) is 5.32 Å².